The normalized spacial score (nSPS) is 19.5. The van der Waals surface area contributed by atoms with Crippen molar-refractivity contribution in [2.45, 2.75) is 51.8 Å². The van der Waals surface area contributed by atoms with E-state index in [2.05, 4.69) is 26.9 Å². The molecule has 0 aliphatic carbocycles. The van der Waals surface area contributed by atoms with Crippen LogP contribution in [0.4, 0.5) is 0 Å². The minimum absolute atomic E-state index is 0.147. The summed E-state index contributed by atoms with van der Waals surface area (Å²) in [5.41, 5.74) is 1.02. The Balaban J connectivity index is 1.59. The van der Waals surface area contributed by atoms with Gasteiger partial charge in [0.05, 0.1) is 18.3 Å². The highest BCUT2D eigenvalue weighted by molar-refractivity contribution is 6.30. The first-order valence-electron chi connectivity index (χ1n) is 8.79. The number of H-pyrrole nitrogens is 1. The van der Waals surface area contributed by atoms with Crippen molar-refractivity contribution >= 4 is 11.6 Å². The Morgan fingerprint density at radius 3 is 3.17 bits per heavy atom. The molecule has 1 fully saturated rings. The van der Waals surface area contributed by atoms with Crippen LogP contribution < -0.4 is 0 Å². The van der Waals surface area contributed by atoms with Gasteiger partial charge in [-0.25, -0.2) is 4.98 Å². The Bertz CT molecular complexity index is 613. The van der Waals surface area contributed by atoms with Crippen LogP contribution >= 0.6 is 11.6 Å². The standard InChI is InChI=1S/C17H26ClN5O/c1-2-3-6-16-20-15(17(18)21-16)13-22-8-5-10-24-14(11-22)12-23-9-4-7-19-23/h4,7,9,14H,2-3,5-6,8,10-13H2,1H3,(H,20,21)/t14-/m0/s1. The van der Waals surface area contributed by atoms with Gasteiger partial charge in [0.15, 0.2) is 5.15 Å². The van der Waals surface area contributed by atoms with Gasteiger partial charge >= 0.3 is 0 Å². The first-order valence-corrected chi connectivity index (χ1v) is 9.17. The molecule has 0 amide bonds. The van der Waals surface area contributed by atoms with Crippen molar-refractivity contribution in [3.05, 3.63) is 35.1 Å². The summed E-state index contributed by atoms with van der Waals surface area (Å²) in [6.45, 7) is 6.43. The summed E-state index contributed by atoms with van der Waals surface area (Å²) < 4.78 is 7.90. The Morgan fingerprint density at radius 2 is 2.38 bits per heavy atom. The number of hydrogen-bond acceptors (Lipinski definition) is 4. The first kappa shape index (κ1) is 17.5. The number of ether oxygens (including phenoxy) is 1. The second-order valence-electron chi connectivity index (χ2n) is 6.37. The van der Waals surface area contributed by atoms with Crippen LogP contribution in [0.15, 0.2) is 18.5 Å². The predicted molar refractivity (Wildman–Crippen MR) is 94.1 cm³/mol. The molecule has 132 valence electrons. The summed E-state index contributed by atoms with van der Waals surface area (Å²) in [5, 5.41) is 4.88. The largest absolute Gasteiger partial charge is 0.375 e. The molecular weight excluding hydrogens is 326 g/mol. The number of imidazole rings is 1. The molecule has 2 aromatic heterocycles. The molecule has 0 saturated carbocycles. The number of nitrogens with one attached hydrogen (secondary N) is 1. The molecule has 1 aliphatic heterocycles. The van der Waals surface area contributed by atoms with Crippen molar-refractivity contribution in [2.24, 2.45) is 0 Å². The molecule has 7 heteroatoms. The zero-order valence-corrected chi connectivity index (χ0v) is 15.0. The number of aromatic amines is 1. The van der Waals surface area contributed by atoms with Gasteiger partial charge in [-0.3, -0.25) is 9.58 Å². The summed E-state index contributed by atoms with van der Waals surface area (Å²) in [5.74, 6) is 0.996. The van der Waals surface area contributed by atoms with Gasteiger partial charge in [-0.05, 0) is 18.9 Å². The fourth-order valence-corrected chi connectivity index (χ4v) is 3.28. The molecule has 0 radical (unpaired) electrons. The molecule has 1 N–H and O–H groups in total. The average Bonchev–Trinajstić information content (AvgIpc) is 3.13. The maximum atomic E-state index is 6.32. The maximum Gasteiger partial charge on any atom is 0.151 e. The van der Waals surface area contributed by atoms with E-state index >= 15 is 0 Å². The molecule has 0 aromatic carbocycles. The molecule has 6 nitrogen and oxygen atoms in total. The van der Waals surface area contributed by atoms with Crippen LogP contribution in [0, 0.1) is 0 Å². The van der Waals surface area contributed by atoms with Gasteiger partial charge in [0.25, 0.3) is 0 Å². The highest BCUT2D eigenvalue weighted by Gasteiger charge is 2.21. The van der Waals surface area contributed by atoms with Crippen LogP contribution in [0.25, 0.3) is 0 Å². The van der Waals surface area contributed by atoms with Gasteiger partial charge in [0, 0.05) is 45.1 Å². The van der Waals surface area contributed by atoms with E-state index in [1.807, 2.05) is 16.9 Å². The predicted octanol–water partition coefficient (Wildman–Crippen LogP) is 2.89. The molecule has 0 bridgehead atoms. The maximum absolute atomic E-state index is 6.32. The zero-order valence-electron chi connectivity index (χ0n) is 14.2. The third kappa shape index (κ3) is 4.82. The summed E-state index contributed by atoms with van der Waals surface area (Å²) in [4.78, 5) is 10.2. The van der Waals surface area contributed by atoms with Crippen LogP contribution in [-0.2, 0) is 24.2 Å². The van der Waals surface area contributed by atoms with E-state index in [0.29, 0.717) is 5.15 Å². The van der Waals surface area contributed by atoms with Crippen molar-refractivity contribution in [3.8, 4) is 0 Å². The van der Waals surface area contributed by atoms with Gasteiger partial charge in [-0.15, -0.1) is 0 Å². The highest BCUT2D eigenvalue weighted by atomic mass is 35.5. The van der Waals surface area contributed by atoms with Crippen molar-refractivity contribution in [1.82, 2.24) is 24.6 Å². The van der Waals surface area contributed by atoms with Crippen LogP contribution in [0.2, 0.25) is 5.15 Å². The number of nitrogens with zero attached hydrogens (tertiary/aromatic N) is 4. The van der Waals surface area contributed by atoms with E-state index in [9.17, 15) is 0 Å². The van der Waals surface area contributed by atoms with Crippen LogP contribution in [0.1, 0.15) is 37.7 Å². The third-order valence-electron chi connectivity index (χ3n) is 4.31. The number of halogens is 1. The van der Waals surface area contributed by atoms with Crippen molar-refractivity contribution in [2.75, 3.05) is 19.7 Å². The lowest BCUT2D eigenvalue weighted by Crippen LogP contribution is -2.34. The van der Waals surface area contributed by atoms with Gasteiger partial charge < -0.3 is 9.72 Å². The summed E-state index contributed by atoms with van der Waals surface area (Å²) in [6, 6.07) is 1.94. The zero-order chi connectivity index (χ0) is 16.8. The molecule has 0 unspecified atom stereocenters. The minimum Gasteiger partial charge on any atom is -0.375 e. The van der Waals surface area contributed by atoms with Gasteiger partial charge in [0.2, 0.25) is 0 Å². The molecular formula is C17H26ClN5O. The quantitative estimate of drug-likeness (QED) is 0.833. The van der Waals surface area contributed by atoms with Gasteiger partial charge in [-0.1, -0.05) is 24.9 Å². The molecule has 1 saturated heterocycles. The van der Waals surface area contributed by atoms with Crippen molar-refractivity contribution in [1.29, 1.82) is 0 Å². The summed E-state index contributed by atoms with van der Waals surface area (Å²) in [7, 11) is 0. The molecule has 24 heavy (non-hydrogen) atoms. The summed E-state index contributed by atoms with van der Waals surface area (Å²) in [6.07, 6.45) is 8.21. The number of aromatic nitrogens is 4. The number of unbranched alkanes of at least 4 members (excludes halogenated alkanes) is 1. The lowest BCUT2D eigenvalue weighted by atomic mass is 10.2. The Kier molecular flexibility index (Phi) is 6.29. The number of rotatable bonds is 7. The lowest BCUT2D eigenvalue weighted by molar-refractivity contribution is 0.0390. The van der Waals surface area contributed by atoms with Crippen molar-refractivity contribution < 1.29 is 4.74 Å². The average molecular weight is 352 g/mol. The van der Waals surface area contributed by atoms with Gasteiger partial charge in [0.1, 0.15) is 5.82 Å². The van der Waals surface area contributed by atoms with E-state index in [0.717, 1.165) is 70.0 Å². The Hall–Kier alpha value is -1.37. The Morgan fingerprint density at radius 1 is 1.46 bits per heavy atom. The number of hydrogen-bond donors (Lipinski definition) is 1. The lowest BCUT2D eigenvalue weighted by Gasteiger charge is -2.23. The minimum atomic E-state index is 0.147. The van der Waals surface area contributed by atoms with Crippen LogP contribution in [0.3, 0.4) is 0 Å². The van der Waals surface area contributed by atoms with E-state index in [-0.39, 0.29) is 6.10 Å². The molecule has 3 heterocycles. The molecule has 2 aromatic rings. The SMILES string of the molecule is CCCCc1nc(Cl)c(CN2CCCO[C@H](Cn3cccn3)C2)[nH]1. The Labute approximate surface area is 148 Å². The fourth-order valence-electron chi connectivity index (χ4n) is 3.07. The molecule has 1 atom stereocenters. The topological polar surface area (TPSA) is 59.0 Å². The highest BCUT2D eigenvalue weighted by Crippen LogP contribution is 2.18. The van der Waals surface area contributed by atoms with E-state index in [4.69, 9.17) is 16.3 Å². The van der Waals surface area contributed by atoms with Crippen LogP contribution in [0.5, 0.6) is 0 Å². The fraction of sp³-hybridized carbons (Fsp3) is 0.647. The molecule has 0 spiro atoms. The van der Waals surface area contributed by atoms with Crippen LogP contribution in [-0.4, -0.2) is 50.4 Å². The van der Waals surface area contributed by atoms with Crippen molar-refractivity contribution in [3.63, 3.8) is 0 Å². The second-order valence-corrected chi connectivity index (χ2v) is 6.72. The van der Waals surface area contributed by atoms with E-state index in [1.54, 1.807) is 6.20 Å². The molecule has 1 aliphatic rings. The summed E-state index contributed by atoms with van der Waals surface area (Å²) >= 11 is 6.32. The van der Waals surface area contributed by atoms with Gasteiger partial charge in [-0.2, -0.15) is 5.10 Å². The second kappa shape index (κ2) is 8.65. The van der Waals surface area contributed by atoms with E-state index in [1.165, 1.54) is 0 Å². The molecule has 3 rings (SSSR count). The first-order chi connectivity index (χ1) is 11.7. The monoisotopic (exact) mass is 351 g/mol. The smallest absolute Gasteiger partial charge is 0.151 e. The third-order valence-corrected chi connectivity index (χ3v) is 4.62. The van der Waals surface area contributed by atoms with E-state index < -0.39 is 0 Å². The number of aryl methyl sites for hydroxylation is 1.